The molecule has 1 saturated heterocycles. The number of rotatable bonds is 11. The van der Waals surface area contributed by atoms with Gasteiger partial charge in [0.25, 0.3) is 5.91 Å². The molecule has 6 aromatic carbocycles. The topological polar surface area (TPSA) is 108 Å². The lowest BCUT2D eigenvalue weighted by Crippen LogP contribution is -2.58. The van der Waals surface area contributed by atoms with E-state index in [1.54, 1.807) is 11.0 Å². The van der Waals surface area contributed by atoms with Gasteiger partial charge >= 0.3 is 6.09 Å². The number of benzene rings is 6. The van der Waals surface area contributed by atoms with Crippen LogP contribution in [0.1, 0.15) is 69.8 Å². The van der Waals surface area contributed by atoms with Crippen molar-refractivity contribution in [2.45, 2.75) is 56.3 Å². The van der Waals surface area contributed by atoms with Crippen molar-refractivity contribution in [2.24, 2.45) is 0 Å². The number of likely N-dealkylation sites (N-methyl/N-ethyl adjacent to an activating group) is 1. The molecule has 0 bridgehead atoms. The van der Waals surface area contributed by atoms with E-state index in [4.69, 9.17) is 4.74 Å². The van der Waals surface area contributed by atoms with Crippen molar-refractivity contribution in [3.63, 3.8) is 0 Å². The van der Waals surface area contributed by atoms with E-state index < -0.39 is 24.3 Å². The summed E-state index contributed by atoms with van der Waals surface area (Å²) in [6.07, 6.45) is 0.533. The third-order valence-corrected chi connectivity index (χ3v) is 12.3. The largest absolute Gasteiger partial charge is 0.453 e. The summed E-state index contributed by atoms with van der Waals surface area (Å²) in [6, 6.07) is 46.5. The van der Waals surface area contributed by atoms with Crippen LogP contribution in [0.3, 0.4) is 0 Å². The zero-order valence-electron chi connectivity index (χ0n) is 34.2. The first-order chi connectivity index (χ1) is 29.2. The van der Waals surface area contributed by atoms with E-state index in [0.717, 1.165) is 56.1 Å². The Labute approximate surface area is 351 Å². The number of hydrogen-bond donors (Lipinski definition) is 2. The summed E-state index contributed by atoms with van der Waals surface area (Å²) in [4.78, 5) is 58.7. The van der Waals surface area contributed by atoms with Crippen LogP contribution in [0, 0.1) is 0 Å². The second kappa shape index (κ2) is 17.7. The van der Waals surface area contributed by atoms with E-state index in [0.29, 0.717) is 31.5 Å². The molecule has 1 aliphatic carbocycles. The van der Waals surface area contributed by atoms with E-state index >= 15 is 0 Å². The molecule has 0 radical (unpaired) electrons. The third kappa shape index (κ3) is 8.05. The van der Waals surface area contributed by atoms with Crippen LogP contribution < -0.4 is 10.6 Å². The van der Waals surface area contributed by atoms with Crippen molar-refractivity contribution in [1.29, 1.82) is 0 Å². The van der Waals surface area contributed by atoms with E-state index in [2.05, 4.69) is 39.8 Å². The molecule has 3 unspecified atom stereocenters. The van der Waals surface area contributed by atoms with Crippen molar-refractivity contribution in [1.82, 2.24) is 20.4 Å². The third-order valence-electron chi connectivity index (χ3n) is 12.3. The summed E-state index contributed by atoms with van der Waals surface area (Å²) < 4.78 is 5.45. The molecule has 1 fully saturated rings. The van der Waals surface area contributed by atoms with Gasteiger partial charge in [-0.05, 0) is 95.6 Å². The minimum Gasteiger partial charge on any atom is -0.453 e. The fourth-order valence-corrected chi connectivity index (χ4v) is 9.24. The number of hydrogen-bond acceptors (Lipinski definition) is 6. The minimum atomic E-state index is -0.765. The zero-order chi connectivity index (χ0) is 41.8. The molecule has 4 atom stereocenters. The van der Waals surface area contributed by atoms with Gasteiger partial charge in [-0.3, -0.25) is 24.2 Å². The number of carbonyl (C=O) groups is 4. The first-order valence-corrected chi connectivity index (χ1v) is 20.7. The van der Waals surface area contributed by atoms with Crippen molar-refractivity contribution >= 4 is 34.5 Å². The monoisotopic (exact) mass is 798 g/mol. The Morgan fingerprint density at radius 3 is 2.03 bits per heavy atom. The molecular weight excluding hydrogens is 749 g/mol. The number of carbonyl (C=O) groups excluding carboxylic acids is 4. The molecule has 2 aliphatic rings. The van der Waals surface area contributed by atoms with Gasteiger partial charge in [0, 0.05) is 23.9 Å². The van der Waals surface area contributed by atoms with E-state index in [-0.39, 0.29) is 29.4 Å². The summed E-state index contributed by atoms with van der Waals surface area (Å²) in [7, 11) is 3.40. The number of fused-ring (bicyclic) bond motifs is 4. The number of Topliss-reactive ketones (excluding diaryl/α,β-unsaturated/α-hetero) is 1. The molecule has 0 spiro atoms. The molecule has 60 heavy (non-hydrogen) atoms. The van der Waals surface area contributed by atoms with E-state index in [9.17, 15) is 19.2 Å². The van der Waals surface area contributed by atoms with Crippen molar-refractivity contribution in [2.75, 3.05) is 27.2 Å². The Bertz CT molecular complexity index is 2470. The molecule has 0 saturated carbocycles. The first kappa shape index (κ1) is 40.2. The van der Waals surface area contributed by atoms with Gasteiger partial charge in [-0.15, -0.1) is 0 Å². The Morgan fingerprint density at radius 1 is 0.733 bits per heavy atom. The number of nitrogens with zero attached hydrogens (tertiary/aromatic N) is 2. The number of amides is 3. The summed E-state index contributed by atoms with van der Waals surface area (Å²) >= 11 is 0. The van der Waals surface area contributed by atoms with Crippen LogP contribution in [0.4, 0.5) is 4.79 Å². The quantitative estimate of drug-likeness (QED) is 0.137. The van der Waals surface area contributed by atoms with Crippen LogP contribution in [0.25, 0.3) is 21.9 Å². The fraction of sp³-hybridized carbons (Fsp3) is 0.255. The maximum Gasteiger partial charge on any atom is 0.411 e. The summed E-state index contributed by atoms with van der Waals surface area (Å²) in [6.45, 7) is 2.50. The number of ketones is 1. The summed E-state index contributed by atoms with van der Waals surface area (Å²) in [5.41, 5.74) is 7.95. The van der Waals surface area contributed by atoms with Crippen LogP contribution >= 0.6 is 0 Å². The van der Waals surface area contributed by atoms with E-state index in [1.807, 2.05) is 122 Å². The van der Waals surface area contributed by atoms with Gasteiger partial charge in [0.15, 0.2) is 5.78 Å². The lowest BCUT2D eigenvalue weighted by Gasteiger charge is -2.42. The Balaban J connectivity index is 1.02. The zero-order valence-corrected chi connectivity index (χ0v) is 34.2. The highest BCUT2D eigenvalue weighted by Crippen LogP contribution is 2.48. The van der Waals surface area contributed by atoms with Gasteiger partial charge in [0.1, 0.15) is 6.04 Å². The molecule has 9 nitrogen and oxygen atoms in total. The maximum atomic E-state index is 14.6. The van der Waals surface area contributed by atoms with Crippen molar-refractivity contribution in [3.8, 4) is 11.1 Å². The summed E-state index contributed by atoms with van der Waals surface area (Å²) in [5.74, 6) is -1.04. The molecule has 1 heterocycles. The second-order valence-electron chi connectivity index (χ2n) is 15.9. The van der Waals surface area contributed by atoms with Crippen LogP contribution in [-0.2, 0) is 20.7 Å². The highest BCUT2D eigenvalue weighted by molar-refractivity contribution is 6.08. The SMILES string of the molecule is COC(=O)N1C(C2c3ccccc3-c3ccccc32)N(C)CCC[C@H]1C(=O)NCC(c1ccccc1)c1ccc(CC(NC(=O)c2cccc3ccccc23)C(C)=O)cc1. The average Bonchev–Trinajstić information content (AvgIpc) is 3.50. The Kier molecular flexibility index (Phi) is 11.9. The standard InChI is InChI=1S/C51H50N4O5/c1-33(56)45(53-48(57)43-24-13-18-35-17-7-8-19-38(35)43)31-34-26-28-37(29-27-34)44(36-15-5-4-6-16-36)32-52-49(58)46-25-14-30-54(2)50(55(46)51(59)60-3)47-41-22-11-9-20-39(41)40-21-10-12-23-42(40)47/h4-13,15-24,26-29,44-47,50H,14,25,30-32H2,1-3H3,(H,52,58)(H,53,57)/t44?,45?,46-,50?/m0/s1. The molecule has 2 N–H and O–H groups in total. The number of ether oxygens (including phenoxy) is 1. The normalized spacial score (nSPS) is 17.5. The predicted molar refractivity (Wildman–Crippen MR) is 235 cm³/mol. The minimum absolute atomic E-state index is 0.133. The van der Waals surface area contributed by atoms with Crippen LogP contribution in [0.5, 0.6) is 0 Å². The number of nitrogens with one attached hydrogen (secondary N) is 2. The highest BCUT2D eigenvalue weighted by atomic mass is 16.5. The van der Waals surface area contributed by atoms with Crippen molar-refractivity contribution in [3.05, 3.63) is 179 Å². The molecule has 8 rings (SSSR count). The van der Waals surface area contributed by atoms with Crippen LogP contribution in [-0.4, -0.2) is 79.0 Å². The van der Waals surface area contributed by atoms with Gasteiger partial charge in [-0.25, -0.2) is 4.79 Å². The molecule has 3 amide bonds. The number of methoxy groups -OCH3 is 1. The molecule has 304 valence electrons. The molecule has 1 aliphatic heterocycles. The molecule has 9 heteroatoms. The maximum absolute atomic E-state index is 14.6. The van der Waals surface area contributed by atoms with Crippen LogP contribution in [0.2, 0.25) is 0 Å². The first-order valence-electron chi connectivity index (χ1n) is 20.7. The van der Waals surface area contributed by atoms with Crippen molar-refractivity contribution < 1.29 is 23.9 Å². The van der Waals surface area contributed by atoms with E-state index in [1.165, 1.54) is 14.0 Å². The fourth-order valence-electron chi connectivity index (χ4n) is 9.24. The van der Waals surface area contributed by atoms with Gasteiger partial charge < -0.3 is 15.4 Å². The second-order valence-corrected chi connectivity index (χ2v) is 15.9. The predicted octanol–water partition coefficient (Wildman–Crippen LogP) is 8.32. The van der Waals surface area contributed by atoms with Gasteiger partial charge in [0.05, 0.1) is 19.3 Å². The highest BCUT2D eigenvalue weighted by Gasteiger charge is 2.47. The molecule has 0 aromatic heterocycles. The molecule has 6 aromatic rings. The average molecular weight is 799 g/mol. The summed E-state index contributed by atoms with van der Waals surface area (Å²) in [5, 5.41) is 8.03. The van der Waals surface area contributed by atoms with Gasteiger partial charge in [0.2, 0.25) is 5.91 Å². The van der Waals surface area contributed by atoms with Gasteiger partial charge in [-0.2, -0.15) is 0 Å². The Hall–Kier alpha value is -6.58. The lowest BCUT2D eigenvalue weighted by molar-refractivity contribution is -0.127. The molecular formula is C51H50N4O5. The van der Waals surface area contributed by atoms with Crippen LogP contribution in [0.15, 0.2) is 146 Å². The Morgan fingerprint density at radius 2 is 1.35 bits per heavy atom. The lowest BCUT2D eigenvalue weighted by atomic mass is 9.89. The smallest absolute Gasteiger partial charge is 0.411 e. The van der Waals surface area contributed by atoms with Gasteiger partial charge in [-0.1, -0.05) is 140 Å².